The molecule has 1 heterocycles. The molecular formula is C9H7F3N2O. The van der Waals surface area contributed by atoms with E-state index in [-0.39, 0.29) is 12.3 Å². The molecule has 1 aromatic heterocycles. The van der Waals surface area contributed by atoms with Crippen molar-refractivity contribution in [2.24, 2.45) is 0 Å². The third-order valence-electron chi connectivity index (χ3n) is 2.12. The Labute approximate surface area is 82.5 Å². The van der Waals surface area contributed by atoms with Gasteiger partial charge >= 0.3 is 6.18 Å². The van der Waals surface area contributed by atoms with Crippen molar-refractivity contribution in [3.63, 3.8) is 0 Å². The zero-order chi connectivity index (χ0) is 11.1. The highest BCUT2D eigenvalue weighted by Crippen LogP contribution is 2.31. The third-order valence-corrected chi connectivity index (χ3v) is 2.12. The predicted octanol–water partition coefficient (Wildman–Crippen LogP) is 2.07. The molecule has 0 aliphatic heterocycles. The number of hydrogen-bond donors (Lipinski definition) is 2. The largest absolute Gasteiger partial charge is 0.416 e. The SMILES string of the molecule is OCc1[nH]nc2ccc(C(F)(F)F)cc12. The van der Waals surface area contributed by atoms with Crippen LogP contribution in [0, 0.1) is 0 Å². The van der Waals surface area contributed by atoms with Crippen molar-refractivity contribution in [3.8, 4) is 0 Å². The van der Waals surface area contributed by atoms with E-state index in [0.717, 1.165) is 12.1 Å². The topological polar surface area (TPSA) is 48.9 Å². The molecule has 15 heavy (non-hydrogen) atoms. The minimum atomic E-state index is -4.38. The number of H-pyrrole nitrogens is 1. The zero-order valence-corrected chi connectivity index (χ0v) is 7.47. The molecule has 6 heteroatoms. The van der Waals surface area contributed by atoms with Crippen LogP contribution in [0.1, 0.15) is 11.3 Å². The summed E-state index contributed by atoms with van der Waals surface area (Å²) in [5.74, 6) is 0. The van der Waals surface area contributed by atoms with E-state index < -0.39 is 11.7 Å². The van der Waals surface area contributed by atoms with Crippen molar-refractivity contribution >= 4 is 10.9 Å². The molecule has 0 spiro atoms. The molecule has 0 radical (unpaired) electrons. The van der Waals surface area contributed by atoms with Gasteiger partial charge in [-0.25, -0.2) is 0 Å². The smallest absolute Gasteiger partial charge is 0.390 e. The number of halogens is 3. The lowest BCUT2D eigenvalue weighted by Crippen LogP contribution is -2.04. The molecule has 0 unspecified atom stereocenters. The summed E-state index contributed by atoms with van der Waals surface area (Å²) in [6.45, 7) is -0.363. The van der Waals surface area contributed by atoms with Crippen LogP contribution in [0.3, 0.4) is 0 Å². The van der Waals surface area contributed by atoms with Crippen LogP contribution in [0.2, 0.25) is 0 Å². The lowest BCUT2D eigenvalue weighted by molar-refractivity contribution is -0.137. The van der Waals surface area contributed by atoms with Crippen LogP contribution in [-0.4, -0.2) is 15.3 Å². The van der Waals surface area contributed by atoms with Crippen LogP contribution in [0.15, 0.2) is 18.2 Å². The van der Waals surface area contributed by atoms with Crippen molar-refractivity contribution in [1.29, 1.82) is 0 Å². The minimum absolute atomic E-state index is 0.288. The molecule has 2 rings (SSSR count). The summed E-state index contributed by atoms with van der Waals surface area (Å²) in [7, 11) is 0. The average molecular weight is 216 g/mol. The Hall–Kier alpha value is -1.56. The Bertz CT molecular complexity index is 490. The molecule has 0 aliphatic rings. The highest BCUT2D eigenvalue weighted by Gasteiger charge is 2.30. The van der Waals surface area contributed by atoms with Crippen LogP contribution >= 0.6 is 0 Å². The number of rotatable bonds is 1. The Morgan fingerprint density at radius 2 is 2.07 bits per heavy atom. The molecule has 0 saturated carbocycles. The van der Waals surface area contributed by atoms with E-state index in [9.17, 15) is 13.2 Å². The first-order valence-corrected chi connectivity index (χ1v) is 4.17. The van der Waals surface area contributed by atoms with E-state index in [4.69, 9.17) is 5.11 Å². The standard InChI is InChI=1S/C9H7F3N2O/c10-9(11,12)5-1-2-7-6(3-5)8(4-15)14-13-7/h1-3,15H,4H2,(H,13,14). The molecule has 0 aliphatic carbocycles. The molecule has 1 aromatic carbocycles. The van der Waals surface area contributed by atoms with Gasteiger partial charge in [-0.3, -0.25) is 5.10 Å². The molecule has 0 bridgehead atoms. The van der Waals surface area contributed by atoms with Crippen molar-refractivity contribution < 1.29 is 18.3 Å². The van der Waals surface area contributed by atoms with Gasteiger partial charge in [-0.1, -0.05) is 0 Å². The van der Waals surface area contributed by atoms with Gasteiger partial charge in [-0.2, -0.15) is 18.3 Å². The average Bonchev–Trinajstić information content (AvgIpc) is 2.57. The number of aliphatic hydroxyl groups is 1. The summed E-state index contributed by atoms with van der Waals surface area (Å²) < 4.78 is 37.1. The second-order valence-electron chi connectivity index (χ2n) is 3.09. The zero-order valence-electron chi connectivity index (χ0n) is 7.47. The number of benzene rings is 1. The number of nitrogens with zero attached hydrogens (tertiary/aromatic N) is 1. The third kappa shape index (κ3) is 1.68. The maximum absolute atomic E-state index is 12.4. The number of alkyl halides is 3. The van der Waals surface area contributed by atoms with Gasteiger partial charge in [0.15, 0.2) is 0 Å². The van der Waals surface area contributed by atoms with Crippen LogP contribution in [-0.2, 0) is 12.8 Å². The van der Waals surface area contributed by atoms with E-state index in [0.29, 0.717) is 10.9 Å². The summed E-state index contributed by atoms with van der Waals surface area (Å²) in [5.41, 5.74) is -0.0470. The normalized spacial score (nSPS) is 12.3. The number of aromatic nitrogens is 2. The summed E-state index contributed by atoms with van der Waals surface area (Å²) in [4.78, 5) is 0. The fourth-order valence-electron chi connectivity index (χ4n) is 1.36. The van der Waals surface area contributed by atoms with E-state index in [1.165, 1.54) is 6.07 Å². The van der Waals surface area contributed by atoms with Gasteiger partial charge in [0.1, 0.15) is 0 Å². The lowest BCUT2D eigenvalue weighted by atomic mass is 10.1. The summed E-state index contributed by atoms with van der Waals surface area (Å²) >= 11 is 0. The van der Waals surface area contributed by atoms with Crippen molar-refractivity contribution in [2.45, 2.75) is 12.8 Å². The quantitative estimate of drug-likeness (QED) is 0.766. The fraction of sp³-hybridized carbons (Fsp3) is 0.222. The summed E-state index contributed by atoms with van der Waals surface area (Å²) in [6, 6.07) is 3.21. The number of hydrogen-bond acceptors (Lipinski definition) is 2. The first-order valence-electron chi connectivity index (χ1n) is 4.17. The Balaban J connectivity index is 2.63. The highest BCUT2D eigenvalue weighted by atomic mass is 19.4. The second kappa shape index (κ2) is 3.23. The van der Waals surface area contributed by atoms with Gasteiger partial charge < -0.3 is 5.11 Å². The van der Waals surface area contributed by atoms with Gasteiger partial charge in [0.05, 0.1) is 23.4 Å². The number of fused-ring (bicyclic) bond motifs is 1. The number of nitrogens with one attached hydrogen (secondary N) is 1. The molecule has 80 valence electrons. The van der Waals surface area contributed by atoms with Crippen molar-refractivity contribution in [1.82, 2.24) is 10.2 Å². The Kier molecular flexibility index (Phi) is 2.15. The van der Waals surface area contributed by atoms with Crippen LogP contribution in [0.25, 0.3) is 10.9 Å². The van der Waals surface area contributed by atoms with Gasteiger partial charge in [0.2, 0.25) is 0 Å². The summed E-state index contributed by atoms with van der Waals surface area (Å²) in [5, 5.41) is 15.4. The van der Waals surface area contributed by atoms with Gasteiger partial charge in [-0.05, 0) is 18.2 Å². The predicted molar refractivity (Wildman–Crippen MR) is 47.0 cm³/mol. The van der Waals surface area contributed by atoms with Gasteiger partial charge in [0.25, 0.3) is 0 Å². The molecule has 2 N–H and O–H groups in total. The Morgan fingerprint density at radius 1 is 1.33 bits per heavy atom. The highest BCUT2D eigenvalue weighted by molar-refractivity contribution is 5.82. The fourth-order valence-corrected chi connectivity index (χ4v) is 1.36. The first-order chi connectivity index (χ1) is 7.02. The molecule has 0 atom stereocenters. The van der Waals surface area contributed by atoms with Crippen molar-refractivity contribution in [2.75, 3.05) is 0 Å². The van der Waals surface area contributed by atoms with E-state index in [1.807, 2.05) is 0 Å². The van der Waals surface area contributed by atoms with Crippen LogP contribution in [0.4, 0.5) is 13.2 Å². The van der Waals surface area contributed by atoms with Crippen LogP contribution in [0.5, 0.6) is 0 Å². The minimum Gasteiger partial charge on any atom is -0.390 e. The molecule has 0 saturated heterocycles. The van der Waals surface area contributed by atoms with Gasteiger partial charge in [-0.15, -0.1) is 0 Å². The Morgan fingerprint density at radius 3 is 2.67 bits per heavy atom. The molecular weight excluding hydrogens is 209 g/mol. The van der Waals surface area contributed by atoms with E-state index >= 15 is 0 Å². The molecule has 3 nitrogen and oxygen atoms in total. The second-order valence-corrected chi connectivity index (χ2v) is 3.09. The first kappa shape index (κ1) is 9.97. The number of aromatic amines is 1. The summed E-state index contributed by atoms with van der Waals surface area (Å²) in [6.07, 6.45) is -4.38. The lowest BCUT2D eigenvalue weighted by Gasteiger charge is -2.05. The van der Waals surface area contributed by atoms with E-state index in [1.54, 1.807) is 0 Å². The monoisotopic (exact) mass is 216 g/mol. The molecule has 0 amide bonds. The van der Waals surface area contributed by atoms with Crippen LogP contribution < -0.4 is 0 Å². The van der Waals surface area contributed by atoms with E-state index in [2.05, 4.69) is 10.2 Å². The van der Waals surface area contributed by atoms with Crippen molar-refractivity contribution in [3.05, 3.63) is 29.5 Å². The maximum Gasteiger partial charge on any atom is 0.416 e. The molecule has 0 fully saturated rings. The maximum atomic E-state index is 12.4. The van der Waals surface area contributed by atoms with Gasteiger partial charge in [0, 0.05) is 5.39 Å². The number of aliphatic hydroxyl groups excluding tert-OH is 1. The molecule has 2 aromatic rings.